The first-order valence-electron chi connectivity index (χ1n) is 10.9. The third-order valence-electron chi connectivity index (χ3n) is 6.31. The maximum atomic E-state index is 13.5. The standard InChI is InChI=1S/C25H33N3O4/c1-18-15-21(31-5)16-19(2)22(18)26-23(29)25(27(3)4)11-13-28(14-12-25)24(30)32-17-20-9-7-6-8-10-20/h6-10,15-16H,11-14,17H2,1-5H3,(H,26,29). The van der Waals surface area contributed by atoms with Crippen molar-refractivity contribution in [3.05, 3.63) is 59.2 Å². The summed E-state index contributed by atoms with van der Waals surface area (Å²) >= 11 is 0. The lowest BCUT2D eigenvalue weighted by Gasteiger charge is -2.44. The molecule has 0 bridgehead atoms. The Kier molecular flexibility index (Phi) is 7.40. The van der Waals surface area contributed by atoms with Crippen molar-refractivity contribution < 1.29 is 19.1 Å². The molecule has 1 heterocycles. The lowest BCUT2D eigenvalue weighted by atomic mass is 9.85. The van der Waals surface area contributed by atoms with Crippen LogP contribution in [0.3, 0.4) is 0 Å². The molecule has 0 spiro atoms. The molecule has 0 saturated carbocycles. The Labute approximate surface area is 190 Å². The predicted octanol–water partition coefficient (Wildman–Crippen LogP) is 3.98. The van der Waals surface area contributed by atoms with Crippen molar-refractivity contribution >= 4 is 17.7 Å². The second kappa shape index (κ2) is 10.0. The number of hydrogen-bond acceptors (Lipinski definition) is 5. The van der Waals surface area contributed by atoms with Gasteiger partial charge in [-0.1, -0.05) is 30.3 Å². The van der Waals surface area contributed by atoms with E-state index >= 15 is 0 Å². The minimum atomic E-state index is -0.699. The minimum Gasteiger partial charge on any atom is -0.497 e. The summed E-state index contributed by atoms with van der Waals surface area (Å²) < 4.78 is 10.8. The summed E-state index contributed by atoms with van der Waals surface area (Å²) in [4.78, 5) is 29.6. The van der Waals surface area contributed by atoms with Crippen LogP contribution in [-0.2, 0) is 16.1 Å². The molecule has 7 nitrogen and oxygen atoms in total. The van der Waals surface area contributed by atoms with E-state index in [9.17, 15) is 9.59 Å². The van der Waals surface area contributed by atoms with Crippen LogP contribution in [-0.4, -0.2) is 61.6 Å². The van der Waals surface area contributed by atoms with Crippen LogP contribution in [0.4, 0.5) is 10.5 Å². The van der Waals surface area contributed by atoms with Crippen molar-refractivity contribution in [1.29, 1.82) is 0 Å². The van der Waals surface area contributed by atoms with Crippen LogP contribution in [0.15, 0.2) is 42.5 Å². The van der Waals surface area contributed by atoms with Gasteiger partial charge in [-0.15, -0.1) is 0 Å². The number of nitrogens with one attached hydrogen (secondary N) is 1. The first kappa shape index (κ1) is 23.6. The van der Waals surface area contributed by atoms with E-state index in [1.807, 2.05) is 75.3 Å². The maximum Gasteiger partial charge on any atom is 0.410 e. The molecule has 0 radical (unpaired) electrons. The number of piperidine rings is 1. The van der Waals surface area contributed by atoms with Crippen molar-refractivity contribution in [2.45, 2.75) is 38.8 Å². The van der Waals surface area contributed by atoms with Gasteiger partial charge in [0.15, 0.2) is 0 Å². The fourth-order valence-corrected chi connectivity index (χ4v) is 4.22. The van der Waals surface area contributed by atoms with Crippen LogP contribution in [0.25, 0.3) is 0 Å². The Bertz CT molecular complexity index is 928. The first-order valence-corrected chi connectivity index (χ1v) is 10.9. The van der Waals surface area contributed by atoms with E-state index in [-0.39, 0.29) is 18.6 Å². The summed E-state index contributed by atoms with van der Waals surface area (Å²) in [6.45, 7) is 5.07. The van der Waals surface area contributed by atoms with Gasteiger partial charge in [0.2, 0.25) is 5.91 Å². The largest absolute Gasteiger partial charge is 0.497 e. The molecule has 172 valence electrons. The number of nitrogens with zero attached hydrogens (tertiary/aromatic N) is 2. The molecule has 1 aliphatic rings. The van der Waals surface area contributed by atoms with Gasteiger partial charge >= 0.3 is 6.09 Å². The first-order chi connectivity index (χ1) is 15.3. The van der Waals surface area contributed by atoms with Gasteiger partial charge in [-0.2, -0.15) is 0 Å². The number of anilines is 1. The third-order valence-corrected chi connectivity index (χ3v) is 6.31. The highest BCUT2D eigenvalue weighted by Crippen LogP contribution is 2.32. The van der Waals surface area contributed by atoms with Crippen LogP contribution in [0, 0.1) is 13.8 Å². The van der Waals surface area contributed by atoms with E-state index in [2.05, 4.69) is 5.32 Å². The molecule has 1 saturated heterocycles. The number of hydrogen-bond donors (Lipinski definition) is 1. The minimum absolute atomic E-state index is 0.0591. The lowest BCUT2D eigenvalue weighted by Crippen LogP contribution is -2.60. The quantitative estimate of drug-likeness (QED) is 0.737. The molecule has 7 heteroatoms. The van der Waals surface area contributed by atoms with Crippen LogP contribution in [0.1, 0.15) is 29.5 Å². The molecular weight excluding hydrogens is 406 g/mol. The third kappa shape index (κ3) is 5.05. The van der Waals surface area contributed by atoms with Gasteiger partial charge in [-0.25, -0.2) is 4.79 Å². The van der Waals surface area contributed by atoms with Gasteiger partial charge < -0.3 is 19.7 Å². The summed E-state index contributed by atoms with van der Waals surface area (Å²) in [5.41, 5.74) is 2.96. The second-order valence-electron chi connectivity index (χ2n) is 8.54. The number of aryl methyl sites for hydroxylation is 2. The van der Waals surface area contributed by atoms with Crippen molar-refractivity contribution in [2.75, 3.05) is 39.6 Å². The van der Waals surface area contributed by atoms with E-state index < -0.39 is 5.54 Å². The Morgan fingerprint density at radius 2 is 1.66 bits per heavy atom. The average molecular weight is 440 g/mol. The summed E-state index contributed by atoms with van der Waals surface area (Å²) in [6.07, 6.45) is 0.713. The Hall–Kier alpha value is -3.06. The molecule has 0 aromatic heterocycles. The van der Waals surface area contributed by atoms with Crippen molar-refractivity contribution in [2.24, 2.45) is 0 Å². The van der Waals surface area contributed by atoms with Crippen molar-refractivity contribution in [3.8, 4) is 5.75 Å². The molecule has 1 fully saturated rings. The van der Waals surface area contributed by atoms with E-state index in [1.54, 1.807) is 12.0 Å². The van der Waals surface area contributed by atoms with Crippen LogP contribution in [0.2, 0.25) is 0 Å². The van der Waals surface area contributed by atoms with E-state index in [4.69, 9.17) is 9.47 Å². The van der Waals surface area contributed by atoms with Gasteiger partial charge in [0.1, 0.15) is 17.9 Å². The molecule has 0 unspecified atom stereocenters. The van der Waals surface area contributed by atoms with Gasteiger partial charge in [0.25, 0.3) is 0 Å². The molecule has 1 aliphatic heterocycles. The zero-order chi connectivity index (χ0) is 23.3. The molecule has 0 aliphatic carbocycles. The van der Waals surface area contributed by atoms with Gasteiger partial charge in [0, 0.05) is 18.8 Å². The molecule has 1 N–H and O–H groups in total. The molecule has 2 amide bonds. The number of carbonyl (C=O) groups excluding carboxylic acids is 2. The molecule has 2 aromatic rings. The zero-order valence-electron chi connectivity index (χ0n) is 19.6. The number of ether oxygens (including phenoxy) is 2. The average Bonchev–Trinajstić information content (AvgIpc) is 2.80. The summed E-state index contributed by atoms with van der Waals surface area (Å²) in [5, 5.41) is 3.14. The van der Waals surface area contributed by atoms with E-state index in [0.29, 0.717) is 25.9 Å². The molecule has 2 aromatic carbocycles. The highest BCUT2D eigenvalue weighted by Gasteiger charge is 2.44. The monoisotopic (exact) mass is 439 g/mol. The van der Waals surface area contributed by atoms with Crippen LogP contribution < -0.4 is 10.1 Å². The Morgan fingerprint density at radius 3 is 2.19 bits per heavy atom. The Morgan fingerprint density at radius 1 is 1.06 bits per heavy atom. The smallest absolute Gasteiger partial charge is 0.410 e. The van der Waals surface area contributed by atoms with Gasteiger partial charge in [-0.3, -0.25) is 9.69 Å². The van der Waals surface area contributed by atoms with E-state index in [1.165, 1.54) is 0 Å². The van der Waals surface area contributed by atoms with Crippen LogP contribution in [0.5, 0.6) is 5.75 Å². The topological polar surface area (TPSA) is 71.1 Å². The second-order valence-corrected chi connectivity index (χ2v) is 8.54. The fraction of sp³-hybridized carbons (Fsp3) is 0.440. The van der Waals surface area contributed by atoms with Gasteiger partial charge in [-0.05, 0) is 69.6 Å². The van der Waals surface area contributed by atoms with Crippen molar-refractivity contribution in [3.63, 3.8) is 0 Å². The molecule has 0 atom stereocenters. The number of likely N-dealkylation sites (N-methyl/N-ethyl adjacent to an activating group) is 1. The highest BCUT2D eigenvalue weighted by molar-refractivity contribution is 5.99. The summed E-state index contributed by atoms with van der Waals surface area (Å²) in [7, 11) is 5.46. The molecular formula is C25H33N3O4. The number of carbonyl (C=O) groups is 2. The van der Waals surface area contributed by atoms with Crippen LogP contribution >= 0.6 is 0 Å². The molecule has 3 rings (SSSR count). The number of likely N-dealkylation sites (tertiary alicyclic amines) is 1. The van der Waals surface area contributed by atoms with Gasteiger partial charge in [0.05, 0.1) is 7.11 Å². The predicted molar refractivity (Wildman–Crippen MR) is 125 cm³/mol. The van der Waals surface area contributed by atoms with Crippen molar-refractivity contribution in [1.82, 2.24) is 9.80 Å². The summed E-state index contributed by atoms with van der Waals surface area (Å²) in [5.74, 6) is 0.707. The fourth-order valence-electron chi connectivity index (χ4n) is 4.22. The number of rotatable bonds is 6. The lowest BCUT2D eigenvalue weighted by molar-refractivity contribution is -0.129. The normalized spacial score (nSPS) is 15.4. The Balaban J connectivity index is 1.65. The summed E-state index contributed by atoms with van der Waals surface area (Å²) in [6, 6.07) is 13.4. The molecule has 32 heavy (non-hydrogen) atoms. The SMILES string of the molecule is COc1cc(C)c(NC(=O)C2(N(C)C)CCN(C(=O)OCc3ccccc3)CC2)c(C)c1. The zero-order valence-corrected chi connectivity index (χ0v) is 19.6. The number of amides is 2. The highest BCUT2D eigenvalue weighted by atomic mass is 16.6. The number of methoxy groups -OCH3 is 1. The van der Waals surface area contributed by atoms with E-state index in [0.717, 1.165) is 28.1 Å². The number of benzene rings is 2. The maximum absolute atomic E-state index is 13.5.